The van der Waals surface area contributed by atoms with Crippen LogP contribution >= 0.6 is 11.3 Å². The molecule has 0 bridgehead atoms. The molecular formula is C18H21NOS. The molecule has 0 spiro atoms. The van der Waals surface area contributed by atoms with E-state index in [1.165, 1.54) is 21.7 Å². The number of hydrogen-bond donors (Lipinski definition) is 1. The van der Waals surface area contributed by atoms with Crippen LogP contribution in [0.1, 0.15) is 28.0 Å². The molecule has 2 rings (SSSR count). The van der Waals surface area contributed by atoms with Crippen molar-refractivity contribution in [2.45, 2.75) is 26.8 Å². The minimum Gasteiger partial charge on any atom is -0.395 e. The highest BCUT2D eigenvalue weighted by atomic mass is 32.1. The number of thiophene rings is 1. The zero-order chi connectivity index (χ0) is 15.2. The van der Waals surface area contributed by atoms with Crippen molar-refractivity contribution < 1.29 is 5.11 Å². The van der Waals surface area contributed by atoms with E-state index in [9.17, 15) is 0 Å². The maximum Gasteiger partial charge on any atom is 0.0540 e. The number of anilines is 1. The van der Waals surface area contributed by atoms with Crippen LogP contribution < -0.4 is 4.90 Å². The first-order valence-corrected chi connectivity index (χ1v) is 7.93. The number of aliphatic hydroxyl groups excluding tert-OH is 1. The molecule has 0 saturated carbocycles. The molecule has 21 heavy (non-hydrogen) atoms. The summed E-state index contributed by atoms with van der Waals surface area (Å²) < 4.78 is 0. The molecule has 0 aliphatic heterocycles. The molecule has 0 fully saturated rings. The average molecular weight is 299 g/mol. The van der Waals surface area contributed by atoms with E-state index in [2.05, 4.69) is 67.3 Å². The lowest BCUT2D eigenvalue weighted by Crippen LogP contribution is -2.16. The van der Waals surface area contributed by atoms with Crippen molar-refractivity contribution in [2.75, 3.05) is 18.6 Å². The number of rotatable bonds is 4. The Bertz CT molecular complexity index is 643. The van der Waals surface area contributed by atoms with Crippen LogP contribution in [0.2, 0.25) is 0 Å². The third-order valence-electron chi connectivity index (χ3n) is 3.23. The summed E-state index contributed by atoms with van der Waals surface area (Å²) in [5.41, 5.74) is 4.87. The van der Waals surface area contributed by atoms with Gasteiger partial charge < -0.3 is 10.0 Å². The molecule has 2 aromatic rings. The van der Waals surface area contributed by atoms with Crippen molar-refractivity contribution in [3.63, 3.8) is 0 Å². The summed E-state index contributed by atoms with van der Waals surface area (Å²) in [6.07, 6.45) is 0.530. The fourth-order valence-electron chi connectivity index (χ4n) is 2.27. The van der Waals surface area contributed by atoms with Gasteiger partial charge in [-0.1, -0.05) is 17.9 Å². The molecule has 1 heterocycles. The largest absolute Gasteiger partial charge is 0.395 e. The summed E-state index contributed by atoms with van der Waals surface area (Å²) in [5.74, 6) is 6.14. The molecule has 110 valence electrons. The standard InChI is InChI=1S/C18H21NOS/c1-14-10-15(2)12-17(11-14)19(3)13-18-16(7-9-21-18)6-4-5-8-20/h7,9-12,20H,5,8,13H2,1-3H3. The smallest absolute Gasteiger partial charge is 0.0540 e. The van der Waals surface area contributed by atoms with Crippen LogP contribution in [0.15, 0.2) is 29.6 Å². The van der Waals surface area contributed by atoms with Crippen molar-refractivity contribution in [3.8, 4) is 11.8 Å². The van der Waals surface area contributed by atoms with E-state index in [4.69, 9.17) is 5.11 Å². The molecule has 3 heteroatoms. The Morgan fingerprint density at radius 1 is 1.19 bits per heavy atom. The van der Waals surface area contributed by atoms with E-state index < -0.39 is 0 Å². The van der Waals surface area contributed by atoms with Crippen LogP contribution in [0.3, 0.4) is 0 Å². The van der Waals surface area contributed by atoms with Crippen molar-refractivity contribution in [2.24, 2.45) is 0 Å². The Kier molecular flexibility index (Phi) is 5.44. The first kappa shape index (κ1) is 15.6. The fraction of sp³-hybridized carbons (Fsp3) is 0.333. The monoisotopic (exact) mass is 299 g/mol. The van der Waals surface area contributed by atoms with Crippen LogP contribution in [0.4, 0.5) is 5.69 Å². The van der Waals surface area contributed by atoms with E-state index >= 15 is 0 Å². The Labute approximate surface area is 131 Å². The third-order valence-corrected chi connectivity index (χ3v) is 4.14. The predicted octanol–water partition coefficient (Wildman–Crippen LogP) is 3.74. The van der Waals surface area contributed by atoms with Crippen molar-refractivity contribution in [1.29, 1.82) is 0 Å². The summed E-state index contributed by atoms with van der Waals surface area (Å²) in [5, 5.41) is 10.9. The van der Waals surface area contributed by atoms with Gasteiger partial charge in [0.2, 0.25) is 0 Å². The number of aliphatic hydroxyl groups is 1. The fourth-order valence-corrected chi connectivity index (χ4v) is 3.15. The van der Waals surface area contributed by atoms with Gasteiger partial charge in [-0.15, -0.1) is 11.3 Å². The Morgan fingerprint density at radius 3 is 2.57 bits per heavy atom. The molecule has 1 N–H and O–H groups in total. The van der Waals surface area contributed by atoms with Crippen LogP contribution in [-0.4, -0.2) is 18.8 Å². The van der Waals surface area contributed by atoms with Gasteiger partial charge in [-0.05, 0) is 48.6 Å². The second-order valence-electron chi connectivity index (χ2n) is 5.23. The Hall–Kier alpha value is -1.76. The molecule has 0 unspecified atom stereocenters. The van der Waals surface area contributed by atoms with Crippen molar-refractivity contribution in [1.82, 2.24) is 0 Å². The van der Waals surface area contributed by atoms with Gasteiger partial charge in [0.25, 0.3) is 0 Å². The molecule has 0 saturated heterocycles. The number of nitrogens with zero attached hydrogens (tertiary/aromatic N) is 1. The second-order valence-corrected chi connectivity index (χ2v) is 6.24. The number of hydrogen-bond acceptors (Lipinski definition) is 3. The lowest BCUT2D eigenvalue weighted by molar-refractivity contribution is 0.305. The summed E-state index contributed by atoms with van der Waals surface area (Å²) in [6.45, 7) is 5.22. The van der Waals surface area contributed by atoms with Gasteiger partial charge in [0.05, 0.1) is 13.2 Å². The van der Waals surface area contributed by atoms with E-state index in [0.29, 0.717) is 6.42 Å². The summed E-state index contributed by atoms with van der Waals surface area (Å²) in [4.78, 5) is 3.52. The lowest BCUT2D eigenvalue weighted by atomic mass is 10.1. The van der Waals surface area contributed by atoms with Gasteiger partial charge in [-0.2, -0.15) is 0 Å². The van der Waals surface area contributed by atoms with Crippen LogP contribution in [0.25, 0.3) is 0 Å². The molecule has 0 radical (unpaired) electrons. The van der Waals surface area contributed by atoms with Gasteiger partial charge in [0, 0.05) is 29.6 Å². The van der Waals surface area contributed by atoms with Crippen LogP contribution in [0, 0.1) is 25.7 Å². The molecule has 0 amide bonds. The average Bonchev–Trinajstić information content (AvgIpc) is 2.85. The maximum absolute atomic E-state index is 8.80. The topological polar surface area (TPSA) is 23.5 Å². The molecule has 2 nitrogen and oxygen atoms in total. The Balaban J connectivity index is 2.15. The maximum atomic E-state index is 8.80. The van der Waals surface area contributed by atoms with Crippen LogP contribution in [0.5, 0.6) is 0 Å². The van der Waals surface area contributed by atoms with Gasteiger partial charge >= 0.3 is 0 Å². The van der Waals surface area contributed by atoms with Crippen molar-refractivity contribution >= 4 is 17.0 Å². The molecule has 1 aromatic heterocycles. The van der Waals surface area contributed by atoms with Crippen molar-refractivity contribution in [3.05, 3.63) is 51.2 Å². The minimum atomic E-state index is 0.120. The van der Waals surface area contributed by atoms with Gasteiger partial charge in [-0.3, -0.25) is 0 Å². The van der Waals surface area contributed by atoms with E-state index in [0.717, 1.165) is 12.1 Å². The molecule has 0 aliphatic carbocycles. The van der Waals surface area contributed by atoms with E-state index in [1.54, 1.807) is 11.3 Å². The highest BCUT2D eigenvalue weighted by Gasteiger charge is 2.08. The molecule has 0 atom stereocenters. The molecular weight excluding hydrogens is 278 g/mol. The predicted molar refractivity (Wildman–Crippen MR) is 90.9 cm³/mol. The number of aryl methyl sites for hydroxylation is 2. The molecule has 1 aromatic carbocycles. The number of benzene rings is 1. The van der Waals surface area contributed by atoms with Gasteiger partial charge in [0.15, 0.2) is 0 Å². The third kappa shape index (κ3) is 4.35. The molecule has 0 aliphatic rings. The minimum absolute atomic E-state index is 0.120. The highest BCUT2D eigenvalue weighted by Crippen LogP contribution is 2.23. The van der Waals surface area contributed by atoms with Gasteiger partial charge in [0.1, 0.15) is 0 Å². The normalized spacial score (nSPS) is 10.1. The Morgan fingerprint density at radius 2 is 1.90 bits per heavy atom. The lowest BCUT2D eigenvalue weighted by Gasteiger charge is -2.20. The first-order chi connectivity index (χ1) is 10.1. The highest BCUT2D eigenvalue weighted by molar-refractivity contribution is 7.10. The SMILES string of the molecule is Cc1cc(C)cc(N(C)Cc2sccc2C#CCCO)c1. The first-order valence-electron chi connectivity index (χ1n) is 7.05. The van der Waals surface area contributed by atoms with Gasteiger partial charge in [-0.25, -0.2) is 0 Å². The van der Waals surface area contributed by atoms with Crippen LogP contribution in [-0.2, 0) is 6.54 Å². The van der Waals surface area contributed by atoms with E-state index in [1.807, 2.05) is 0 Å². The summed E-state index contributed by atoms with van der Waals surface area (Å²) in [6, 6.07) is 8.66. The second kappa shape index (κ2) is 7.31. The quantitative estimate of drug-likeness (QED) is 0.870. The zero-order valence-corrected chi connectivity index (χ0v) is 13.6. The van der Waals surface area contributed by atoms with E-state index in [-0.39, 0.29) is 6.61 Å². The summed E-state index contributed by atoms with van der Waals surface area (Å²) in [7, 11) is 2.11. The summed E-state index contributed by atoms with van der Waals surface area (Å²) >= 11 is 1.73. The zero-order valence-electron chi connectivity index (χ0n) is 12.8.